The van der Waals surface area contributed by atoms with Gasteiger partial charge in [-0.05, 0) is 92.3 Å². The molecular formula is C92H127N23O23. The SMILES string of the molecule is CCCC[C@H]1C(=O)N(C)[C@@H](CCCC)C(=O)N[C@@H](CC(C)C)C(=O)N[C@H](C(=O)NCC(N)=O)CNCC(=O)N[C@@H](Cc2ccc(O)cc2)C(=O)N(C)[C@@H](C)C(=O)N[C@@H](CC(N)=O)C(=O)N2CCC[C@H]2C(=O)N[C@@H](Cc2cnc[nH]2)C(=O)N[C@@H](CCC(N)=O)C(=O)N2C[C@H](O)C[C@H]2C(=O)N[C@@H](Cc2c[nH]c3ccccc23)C(=O)N[C@@H](CO)C(=O)N[C@@H](Cc2cn(CC(=O)O)c3ccccc23)C(=O)N1C. The van der Waals surface area contributed by atoms with Crippen LogP contribution in [0, 0.1) is 5.92 Å². The number of nitrogens with one attached hydrogen (secondary N) is 13. The number of nitrogens with two attached hydrogens (primary N) is 3. The van der Waals surface area contributed by atoms with E-state index in [4.69, 9.17) is 17.2 Å². The molecule has 3 saturated heterocycles. The number of para-hydroxylation sites is 2. The van der Waals surface area contributed by atoms with Crippen LogP contribution < -0.4 is 75.7 Å². The minimum absolute atomic E-state index is 0.0319. The van der Waals surface area contributed by atoms with E-state index < -0.39 is 281 Å². The summed E-state index contributed by atoms with van der Waals surface area (Å²) in [5.74, 6) is -20.0. The van der Waals surface area contributed by atoms with Gasteiger partial charge in [-0.25, -0.2) is 4.98 Å². The van der Waals surface area contributed by atoms with Gasteiger partial charge in [-0.3, -0.25) is 91.1 Å². The Morgan fingerprint density at radius 1 is 0.558 bits per heavy atom. The summed E-state index contributed by atoms with van der Waals surface area (Å²) in [4.78, 5) is 291. The Hall–Kier alpha value is -14.4. The van der Waals surface area contributed by atoms with Gasteiger partial charge in [-0.15, -0.1) is 0 Å². The molecule has 748 valence electrons. The Morgan fingerprint density at radius 3 is 1.77 bits per heavy atom. The summed E-state index contributed by atoms with van der Waals surface area (Å²) in [5, 5.41) is 72.7. The molecule has 6 aromatic rings. The van der Waals surface area contributed by atoms with Gasteiger partial charge >= 0.3 is 5.97 Å². The Kier molecular flexibility index (Phi) is 39.2. The maximum atomic E-state index is 15.9. The summed E-state index contributed by atoms with van der Waals surface area (Å²) in [5.41, 5.74) is 19.1. The first kappa shape index (κ1) is 107. The molecule has 15 atom stereocenters. The number of aliphatic carboxylic acids is 1. The maximum absolute atomic E-state index is 15.9. The number of aromatic amines is 2. The van der Waals surface area contributed by atoms with Gasteiger partial charge in [0.25, 0.3) is 0 Å². The average molecular weight is 1920 g/mol. The molecule has 6 heterocycles. The number of carboxylic acids is 1. The predicted molar refractivity (Wildman–Crippen MR) is 496 cm³/mol. The number of benzene rings is 3. The van der Waals surface area contributed by atoms with Crippen molar-refractivity contribution in [2.24, 2.45) is 23.1 Å². The van der Waals surface area contributed by atoms with Gasteiger partial charge in [0.2, 0.25) is 106 Å². The fourth-order valence-electron chi connectivity index (χ4n) is 17.1. The Labute approximate surface area is 795 Å². The second-order valence-electron chi connectivity index (χ2n) is 35.4. The number of phenols is 1. The average Bonchev–Trinajstić information content (AvgIpc) is 1.63. The van der Waals surface area contributed by atoms with E-state index in [1.165, 1.54) is 75.6 Å². The Morgan fingerprint density at radius 2 is 1.13 bits per heavy atom. The molecule has 0 radical (unpaired) electrons. The highest BCUT2D eigenvalue weighted by molar-refractivity contribution is 6.03. The molecule has 46 nitrogen and oxygen atoms in total. The summed E-state index contributed by atoms with van der Waals surface area (Å²) in [6.45, 7) is 3.76. The van der Waals surface area contributed by atoms with E-state index in [0.29, 0.717) is 57.8 Å². The topological polar surface area (TPSA) is 681 Å². The van der Waals surface area contributed by atoms with Crippen molar-refractivity contribution in [1.82, 2.24) is 103 Å². The summed E-state index contributed by atoms with van der Waals surface area (Å²) in [6.07, 6.45) is 1.40. The number of hydrogen-bond donors (Lipinski definition) is 20. The lowest BCUT2D eigenvalue weighted by atomic mass is 9.99. The van der Waals surface area contributed by atoms with Crippen LogP contribution in [0.5, 0.6) is 5.75 Å². The molecule has 46 heteroatoms. The molecule has 3 aromatic carbocycles. The first-order valence-electron chi connectivity index (χ1n) is 45.9. The number of primary amides is 3. The lowest BCUT2D eigenvalue weighted by Crippen LogP contribution is -2.62. The summed E-state index contributed by atoms with van der Waals surface area (Å²) >= 11 is 0. The smallest absolute Gasteiger partial charge is 0.323 e. The van der Waals surface area contributed by atoms with Crippen LogP contribution in [0.1, 0.15) is 140 Å². The first-order valence-corrected chi connectivity index (χ1v) is 45.9. The predicted octanol–water partition coefficient (Wildman–Crippen LogP) is -4.51. The number of nitrogens with zero attached hydrogens (tertiary/aromatic N) is 7. The molecule has 3 aromatic heterocycles. The number of phenolic OH excluding ortho intramolecular Hbond substituents is 1. The highest BCUT2D eigenvalue weighted by Gasteiger charge is 2.47. The van der Waals surface area contributed by atoms with Crippen LogP contribution in [0.15, 0.2) is 97.7 Å². The van der Waals surface area contributed by atoms with E-state index in [1.807, 2.05) is 13.8 Å². The fourth-order valence-corrected chi connectivity index (χ4v) is 17.1. The number of carbonyl (C=O) groups excluding carboxylic acids is 18. The second kappa shape index (κ2) is 50.4. The van der Waals surface area contributed by atoms with Gasteiger partial charge in [-0.2, -0.15) is 0 Å². The van der Waals surface area contributed by atoms with Crippen LogP contribution >= 0.6 is 0 Å². The van der Waals surface area contributed by atoms with Crippen molar-refractivity contribution in [1.29, 1.82) is 0 Å². The van der Waals surface area contributed by atoms with Gasteiger partial charge < -0.3 is 135 Å². The van der Waals surface area contributed by atoms with Crippen molar-refractivity contribution in [3.63, 3.8) is 0 Å². The number of carbonyl (C=O) groups is 19. The molecule has 0 spiro atoms. The van der Waals surface area contributed by atoms with Crippen LogP contribution in [-0.4, -0.2) is 328 Å². The number of aliphatic hydroxyl groups is 2. The zero-order valence-electron chi connectivity index (χ0n) is 78.4. The van der Waals surface area contributed by atoms with E-state index in [2.05, 4.69) is 73.4 Å². The zero-order chi connectivity index (χ0) is 101. The fraction of sp³-hybridized carbons (Fsp3) is 0.522. The van der Waals surface area contributed by atoms with Crippen LogP contribution in [0.3, 0.4) is 0 Å². The van der Waals surface area contributed by atoms with E-state index in [9.17, 15) is 73.2 Å². The number of aromatic nitrogens is 4. The number of amides is 18. The van der Waals surface area contributed by atoms with Gasteiger partial charge in [0.15, 0.2) is 0 Å². The van der Waals surface area contributed by atoms with Crippen molar-refractivity contribution in [2.75, 3.05) is 60.5 Å². The molecule has 0 bridgehead atoms. The molecule has 0 aliphatic carbocycles. The highest BCUT2D eigenvalue weighted by Crippen LogP contribution is 2.29. The summed E-state index contributed by atoms with van der Waals surface area (Å²) < 4.78 is 1.40. The van der Waals surface area contributed by atoms with Crippen LogP contribution in [-0.2, 0) is 123 Å². The lowest BCUT2D eigenvalue weighted by Gasteiger charge is -2.36. The van der Waals surface area contributed by atoms with E-state index in [-0.39, 0.29) is 75.3 Å². The van der Waals surface area contributed by atoms with Crippen molar-refractivity contribution in [3.05, 3.63) is 120 Å². The third-order valence-corrected chi connectivity index (χ3v) is 24.6. The molecule has 9 rings (SSSR count). The molecule has 3 fully saturated rings. The third kappa shape index (κ3) is 29.3. The number of rotatable bonds is 27. The minimum atomic E-state index is -2.00. The number of fused-ring (bicyclic) bond motifs is 4. The Balaban J connectivity index is 1.12. The van der Waals surface area contributed by atoms with Crippen LogP contribution in [0.25, 0.3) is 21.8 Å². The molecule has 3 aliphatic rings. The standard InChI is InChI=1S/C92H127N23O23/c1-9-11-21-70-85(131)103-61(32-49(3)4)81(127)108-67(80(126)99-42-76(95)121)41-96-43-77(122)101-64(33-51-25-27-55(117)28-26-51)88(134)110(6)50(5)79(125)106-66(38-75(94)120)91(137)114-31-17-24-71(114)86(132)105-63(36-54-40-97-48-100-54)83(129)102-60(29-30-74(93)119)90(136)115-45-56(118)37-73(115)87(133)104-62(34-52-39-98-59-20-15-13-18-57(52)59)82(128)109-68(47-116)84(130)107-65(89(135)112(8)72(22-12-10-2)92(138)111(70)7)35-53-44-113(46-78(123)124)69-23-16-14-19-58(53)69/h13-16,18-20,23,25-28,39-40,44,48-50,56,60-68,70-73,96,98,116-118H,9-12,17,21-22,24,29-38,41-43,45-47H2,1-8H3,(H2,93,119)(H2,94,120)(H2,95,121)(H,97,100)(H,99,126)(H,101,122)(H,102,129)(H,103,131)(H,104,133)(H,105,132)(H,106,125)(H,107,130)(H,108,127)(H,109,128)(H,123,124)/t50-,56+,60-,61-,62-,63-,64-,65-,66-,67-,68-,70-,71-,72-,73-/m0/s1. The normalized spacial score (nSPS) is 24.5. The van der Waals surface area contributed by atoms with Crippen molar-refractivity contribution < 1.29 is 112 Å². The monoisotopic (exact) mass is 1920 g/mol. The molecule has 0 unspecified atom stereocenters. The molecule has 3 aliphatic heterocycles. The van der Waals surface area contributed by atoms with Crippen LogP contribution in [0.4, 0.5) is 0 Å². The van der Waals surface area contributed by atoms with Crippen molar-refractivity contribution in [3.8, 4) is 5.75 Å². The number of aromatic hydroxyl groups is 1. The molecule has 23 N–H and O–H groups in total. The van der Waals surface area contributed by atoms with Gasteiger partial charge in [0.05, 0.1) is 38.5 Å². The molecule has 18 amide bonds. The number of likely N-dealkylation sites (N-methyl/N-ethyl adjacent to an activating group) is 3. The zero-order valence-corrected chi connectivity index (χ0v) is 78.4. The number of H-pyrrole nitrogens is 2. The third-order valence-electron chi connectivity index (χ3n) is 24.6. The molecular weight excluding hydrogens is 1800 g/mol. The number of hydrogen-bond acceptors (Lipinski definition) is 24. The maximum Gasteiger partial charge on any atom is 0.323 e. The quantitative estimate of drug-likeness (QED) is 0.0231. The number of imidazole rings is 1. The summed E-state index contributed by atoms with van der Waals surface area (Å²) in [7, 11) is 3.80. The molecule has 0 saturated carbocycles. The largest absolute Gasteiger partial charge is 0.508 e. The van der Waals surface area contributed by atoms with E-state index >= 15 is 38.4 Å². The number of carboxylic acid groups (broad SMARTS) is 1. The van der Waals surface area contributed by atoms with Gasteiger partial charge in [-0.1, -0.05) is 102 Å². The highest BCUT2D eigenvalue weighted by atomic mass is 16.4. The molecule has 138 heavy (non-hydrogen) atoms. The van der Waals surface area contributed by atoms with Gasteiger partial charge in [0.1, 0.15) is 96.9 Å². The van der Waals surface area contributed by atoms with E-state index in [0.717, 1.165) is 24.5 Å². The summed E-state index contributed by atoms with van der Waals surface area (Å²) in [6, 6.07) is -4.20. The van der Waals surface area contributed by atoms with Crippen molar-refractivity contribution in [2.45, 2.75) is 241 Å². The van der Waals surface area contributed by atoms with Gasteiger partial charge in [0, 0.05) is 125 Å². The van der Waals surface area contributed by atoms with Crippen LogP contribution in [0.2, 0.25) is 0 Å². The number of unbranched alkanes of at least 4 members (excludes halogenated alkanes) is 2. The minimum Gasteiger partial charge on any atom is -0.508 e. The lowest BCUT2D eigenvalue weighted by molar-refractivity contribution is -0.149. The van der Waals surface area contributed by atoms with E-state index in [1.54, 1.807) is 68.6 Å². The van der Waals surface area contributed by atoms with Crippen molar-refractivity contribution >= 4 is 134 Å². The second-order valence-corrected chi connectivity index (χ2v) is 35.4. The number of aliphatic hydroxyl groups excluding tert-OH is 2. The first-order chi connectivity index (χ1) is 65.6. The Bertz CT molecular complexity index is 5390.